The maximum atomic E-state index is 12.6. The summed E-state index contributed by atoms with van der Waals surface area (Å²) in [5, 5.41) is 7.92. The minimum atomic E-state index is -0.175. The lowest BCUT2D eigenvalue weighted by molar-refractivity contribution is 0.101. The first-order valence-electron chi connectivity index (χ1n) is 10.6. The number of amides is 2. The molecule has 2 amide bonds. The maximum Gasteiger partial charge on any atom is 0.255 e. The van der Waals surface area contributed by atoms with E-state index >= 15 is 0 Å². The lowest BCUT2D eigenvalue weighted by atomic mass is 9.87. The SMILES string of the molecule is CC(C)(C)c1ccc(C(=O)Nc2ccc(NC(=O)c3ccc4ccccc4c3)cc2)cc1. The molecule has 0 aromatic heterocycles. The van der Waals surface area contributed by atoms with Gasteiger partial charge in [-0.25, -0.2) is 0 Å². The highest BCUT2D eigenvalue weighted by atomic mass is 16.2. The molecule has 0 unspecified atom stereocenters. The second-order valence-electron chi connectivity index (χ2n) is 8.87. The van der Waals surface area contributed by atoms with Gasteiger partial charge in [-0.1, -0.05) is 63.2 Å². The Bertz CT molecular complexity index is 1270. The van der Waals surface area contributed by atoms with Crippen LogP contribution in [0.5, 0.6) is 0 Å². The first kappa shape index (κ1) is 21.3. The number of benzene rings is 4. The van der Waals surface area contributed by atoms with Crippen LogP contribution in [-0.2, 0) is 5.41 Å². The predicted molar refractivity (Wildman–Crippen MR) is 131 cm³/mol. The quantitative estimate of drug-likeness (QED) is 0.387. The standard InChI is InChI=1S/C28H26N2O2/c1-28(2,3)23-12-10-20(11-13-23)26(31)29-24-14-16-25(17-15-24)30-27(32)22-9-8-19-6-4-5-7-21(19)18-22/h4-18H,1-3H3,(H,29,31)(H,30,32). The van der Waals surface area contributed by atoms with E-state index in [1.807, 2.05) is 66.7 Å². The molecule has 0 aliphatic heterocycles. The summed E-state index contributed by atoms with van der Waals surface area (Å²) < 4.78 is 0. The molecule has 0 saturated carbocycles. The molecule has 0 atom stereocenters. The van der Waals surface area contributed by atoms with Crippen molar-refractivity contribution in [1.82, 2.24) is 0 Å². The number of carbonyl (C=O) groups excluding carboxylic acids is 2. The van der Waals surface area contributed by atoms with Crippen molar-refractivity contribution < 1.29 is 9.59 Å². The topological polar surface area (TPSA) is 58.2 Å². The third-order valence-corrected chi connectivity index (χ3v) is 5.43. The van der Waals surface area contributed by atoms with Crippen molar-refractivity contribution in [2.45, 2.75) is 26.2 Å². The summed E-state index contributed by atoms with van der Waals surface area (Å²) in [6.45, 7) is 6.42. The molecule has 0 radical (unpaired) electrons. The molecule has 32 heavy (non-hydrogen) atoms. The summed E-state index contributed by atoms with van der Waals surface area (Å²) in [6, 6.07) is 28.3. The second-order valence-corrected chi connectivity index (χ2v) is 8.87. The Hall–Kier alpha value is -3.92. The predicted octanol–water partition coefficient (Wildman–Crippen LogP) is 6.64. The first-order chi connectivity index (χ1) is 15.3. The third-order valence-electron chi connectivity index (χ3n) is 5.43. The molecule has 160 valence electrons. The highest BCUT2D eigenvalue weighted by Crippen LogP contribution is 2.23. The fourth-order valence-corrected chi connectivity index (χ4v) is 3.50. The van der Waals surface area contributed by atoms with Crippen LogP contribution >= 0.6 is 0 Å². The number of hydrogen-bond acceptors (Lipinski definition) is 2. The van der Waals surface area contributed by atoms with Crippen LogP contribution in [-0.4, -0.2) is 11.8 Å². The fourth-order valence-electron chi connectivity index (χ4n) is 3.50. The number of anilines is 2. The summed E-state index contributed by atoms with van der Waals surface area (Å²) in [7, 11) is 0. The van der Waals surface area contributed by atoms with Crippen molar-refractivity contribution in [3.63, 3.8) is 0 Å². The van der Waals surface area contributed by atoms with Crippen LogP contribution in [0.15, 0.2) is 91.0 Å². The van der Waals surface area contributed by atoms with Crippen LogP contribution in [0.4, 0.5) is 11.4 Å². The largest absolute Gasteiger partial charge is 0.322 e. The van der Waals surface area contributed by atoms with Crippen LogP contribution in [0.2, 0.25) is 0 Å². The van der Waals surface area contributed by atoms with Gasteiger partial charge in [-0.05, 0) is 70.3 Å². The molecule has 4 aromatic rings. The molecule has 0 fully saturated rings. The van der Waals surface area contributed by atoms with E-state index in [9.17, 15) is 9.59 Å². The van der Waals surface area contributed by atoms with Gasteiger partial charge in [0.2, 0.25) is 0 Å². The highest BCUT2D eigenvalue weighted by Gasteiger charge is 2.14. The Morgan fingerprint density at radius 2 is 1.09 bits per heavy atom. The van der Waals surface area contributed by atoms with Gasteiger partial charge in [0.05, 0.1) is 0 Å². The smallest absolute Gasteiger partial charge is 0.255 e. The minimum Gasteiger partial charge on any atom is -0.322 e. The van der Waals surface area contributed by atoms with Gasteiger partial charge in [0.25, 0.3) is 11.8 Å². The monoisotopic (exact) mass is 422 g/mol. The van der Waals surface area contributed by atoms with Gasteiger partial charge in [0.1, 0.15) is 0 Å². The van der Waals surface area contributed by atoms with Gasteiger partial charge in [-0.15, -0.1) is 0 Å². The van der Waals surface area contributed by atoms with E-state index in [2.05, 4.69) is 31.4 Å². The summed E-state index contributed by atoms with van der Waals surface area (Å²) in [6.07, 6.45) is 0. The molecule has 4 aromatic carbocycles. The second kappa shape index (κ2) is 8.67. The molecule has 4 heteroatoms. The molecule has 0 spiro atoms. The van der Waals surface area contributed by atoms with Crippen molar-refractivity contribution in [1.29, 1.82) is 0 Å². The highest BCUT2D eigenvalue weighted by molar-refractivity contribution is 6.07. The number of fused-ring (bicyclic) bond motifs is 1. The summed E-state index contributed by atoms with van der Waals surface area (Å²) >= 11 is 0. The Morgan fingerprint density at radius 1 is 0.594 bits per heavy atom. The zero-order chi connectivity index (χ0) is 22.7. The van der Waals surface area contributed by atoms with Gasteiger partial charge < -0.3 is 10.6 Å². The summed E-state index contributed by atoms with van der Waals surface area (Å²) in [5.74, 6) is -0.343. The van der Waals surface area contributed by atoms with Gasteiger partial charge in [-0.3, -0.25) is 9.59 Å². The number of nitrogens with one attached hydrogen (secondary N) is 2. The molecule has 0 heterocycles. The van der Waals surface area contributed by atoms with E-state index in [0.29, 0.717) is 22.5 Å². The van der Waals surface area contributed by atoms with Crippen molar-refractivity contribution in [3.8, 4) is 0 Å². The maximum absolute atomic E-state index is 12.6. The summed E-state index contributed by atoms with van der Waals surface area (Å²) in [4.78, 5) is 25.2. The van der Waals surface area contributed by atoms with E-state index in [0.717, 1.165) is 10.8 Å². The van der Waals surface area contributed by atoms with Crippen LogP contribution in [0, 0.1) is 0 Å². The van der Waals surface area contributed by atoms with Crippen molar-refractivity contribution in [3.05, 3.63) is 108 Å². The van der Waals surface area contributed by atoms with Gasteiger partial charge in [0, 0.05) is 22.5 Å². The molecule has 0 bridgehead atoms. The van der Waals surface area contributed by atoms with Crippen LogP contribution < -0.4 is 10.6 Å². The van der Waals surface area contributed by atoms with Gasteiger partial charge in [-0.2, -0.15) is 0 Å². The summed E-state index contributed by atoms with van der Waals surface area (Å²) in [5.41, 5.74) is 3.75. The Labute approximate surface area is 188 Å². The first-order valence-corrected chi connectivity index (χ1v) is 10.6. The lowest BCUT2D eigenvalue weighted by Gasteiger charge is -2.19. The van der Waals surface area contributed by atoms with Crippen molar-refractivity contribution in [2.75, 3.05) is 10.6 Å². The zero-order valence-electron chi connectivity index (χ0n) is 18.5. The molecule has 0 aliphatic carbocycles. The average molecular weight is 423 g/mol. The number of carbonyl (C=O) groups is 2. The van der Waals surface area contributed by atoms with Gasteiger partial charge in [0.15, 0.2) is 0 Å². The molecule has 0 aliphatic rings. The zero-order valence-corrected chi connectivity index (χ0v) is 18.5. The van der Waals surface area contributed by atoms with Crippen LogP contribution in [0.25, 0.3) is 10.8 Å². The Kier molecular flexibility index (Phi) is 5.78. The Balaban J connectivity index is 1.40. The number of hydrogen-bond donors (Lipinski definition) is 2. The number of rotatable bonds is 4. The Morgan fingerprint density at radius 3 is 1.66 bits per heavy atom. The molecule has 4 rings (SSSR count). The van der Waals surface area contributed by atoms with Crippen LogP contribution in [0.1, 0.15) is 47.1 Å². The van der Waals surface area contributed by atoms with E-state index < -0.39 is 0 Å². The van der Waals surface area contributed by atoms with E-state index in [1.54, 1.807) is 24.3 Å². The van der Waals surface area contributed by atoms with Crippen molar-refractivity contribution >= 4 is 34.0 Å². The van der Waals surface area contributed by atoms with Crippen LogP contribution in [0.3, 0.4) is 0 Å². The van der Waals surface area contributed by atoms with Crippen molar-refractivity contribution in [2.24, 2.45) is 0 Å². The molecular formula is C28H26N2O2. The van der Waals surface area contributed by atoms with E-state index in [4.69, 9.17) is 0 Å². The van der Waals surface area contributed by atoms with E-state index in [1.165, 1.54) is 5.56 Å². The molecule has 0 saturated heterocycles. The molecule has 4 nitrogen and oxygen atoms in total. The third kappa shape index (κ3) is 4.86. The average Bonchev–Trinajstić information content (AvgIpc) is 2.79. The minimum absolute atomic E-state index is 0.0438. The van der Waals surface area contributed by atoms with Gasteiger partial charge >= 0.3 is 0 Å². The molecular weight excluding hydrogens is 396 g/mol. The molecule has 2 N–H and O–H groups in total. The van der Waals surface area contributed by atoms with E-state index in [-0.39, 0.29) is 17.2 Å². The lowest BCUT2D eigenvalue weighted by Crippen LogP contribution is -2.14. The fraction of sp³-hybridized carbons (Fsp3) is 0.143. The normalized spacial score (nSPS) is 11.2.